The molecule has 0 aliphatic heterocycles. The minimum atomic E-state index is -0.561. The Kier molecular flexibility index (Phi) is 3.68. The number of hydrogen-bond acceptors (Lipinski definition) is 4. The second-order valence-corrected chi connectivity index (χ2v) is 5.83. The van der Waals surface area contributed by atoms with E-state index in [9.17, 15) is 14.9 Å². The molecule has 3 rings (SSSR count). The monoisotopic (exact) mass is 287 g/mol. The standard InChI is InChI=1S/C15H17N3O3/c19-15(13-3-1-2-4-14(13)18(20)21)17-16-9-12-8-10-5-6-11(12)7-10/h1-4,9-12H,5-8H2,(H,17,19)/b16-9-/t10-,11+,12+/m0/s1. The quantitative estimate of drug-likeness (QED) is 0.525. The molecule has 1 aromatic carbocycles. The first-order valence-corrected chi connectivity index (χ1v) is 7.22. The van der Waals surface area contributed by atoms with E-state index in [1.165, 1.54) is 37.5 Å². The fraction of sp³-hybridized carbons (Fsp3) is 0.467. The molecule has 0 heterocycles. The van der Waals surface area contributed by atoms with Crippen molar-refractivity contribution in [2.45, 2.75) is 25.7 Å². The number of hydrazone groups is 1. The van der Waals surface area contributed by atoms with Gasteiger partial charge in [-0.25, -0.2) is 5.43 Å². The van der Waals surface area contributed by atoms with Gasteiger partial charge in [-0.1, -0.05) is 18.6 Å². The maximum Gasteiger partial charge on any atom is 0.282 e. The molecule has 1 aromatic rings. The summed E-state index contributed by atoms with van der Waals surface area (Å²) in [6.45, 7) is 0. The van der Waals surface area contributed by atoms with Crippen LogP contribution in [0.1, 0.15) is 36.0 Å². The van der Waals surface area contributed by atoms with Crippen LogP contribution in [0.15, 0.2) is 29.4 Å². The lowest BCUT2D eigenvalue weighted by Gasteiger charge is -2.16. The summed E-state index contributed by atoms with van der Waals surface area (Å²) in [6.07, 6.45) is 6.79. The van der Waals surface area contributed by atoms with Crippen molar-refractivity contribution in [3.63, 3.8) is 0 Å². The maximum atomic E-state index is 12.0. The molecule has 1 N–H and O–H groups in total. The highest BCUT2D eigenvalue weighted by Crippen LogP contribution is 2.47. The predicted octanol–water partition coefficient (Wildman–Crippen LogP) is 2.75. The van der Waals surface area contributed by atoms with Gasteiger partial charge in [-0.3, -0.25) is 14.9 Å². The second kappa shape index (κ2) is 5.63. The molecule has 2 saturated carbocycles. The van der Waals surface area contributed by atoms with E-state index in [0.29, 0.717) is 11.8 Å². The first-order chi connectivity index (χ1) is 10.1. The van der Waals surface area contributed by atoms with Crippen molar-refractivity contribution < 1.29 is 9.72 Å². The van der Waals surface area contributed by atoms with Gasteiger partial charge in [-0.15, -0.1) is 0 Å². The molecule has 1 amide bonds. The highest BCUT2D eigenvalue weighted by Gasteiger charge is 2.38. The lowest BCUT2D eigenvalue weighted by Crippen LogP contribution is -2.21. The van der Waals surface area contributed by atoms with E-state index in [1.807, 2.05) is 0 Å². The van der Waals surface area contributed by atoms with E-state index in [4.69, 9.17) is 0 Å². The van der Waals surface area contributed by atoms with Gasteiger partial charge >= 0.3 is 0 Å². The molecule has 21 heavy (non-hydrogen) atoms. The van der Waals surface area contributed by atoms with E-state index in [2.05, 4.69) is 10.5 Å². The van der Waals surface area contributed by atoms with Gasteiger partial charge < -0.3 is 0 Å². The van der Waals surface area contributed by atoms with Gasteiger partial charge in [-0.05, 0) is 43.1 Å². The molecule has 2 aliphatic carbocycles. The van der Waals surface area contributed by atoms with Crippen LogP contribution in [0.3, 0.4) is 0 Å². The van der Waals surface area contributed by atoms with E-state index in [-0.39, 0.29) is 11.3 Å². The van der Waals surface area contributed by atoms with Crippen molar-refractivity contribution in [1.29, 1.82) is 0 Å². The minimum Gasteiger partial charge on any atom is -0.267 e. The molecule has 0 saturated heterocycles. The van der Waals surface area contributed by atoms with Gasteiger partial charge in [0.15, 0.2) is 0 Å². The normalized spacial score (nSPS) is 27.1. The summed E-state index contributed by atoms with van der Waals surface area (Å²) in [5.41, 5.74) is 2.24. The van der Waals surface area contributed by atoms with Crippen LogP contribution < -0.4 is 5.43 Å². The van der Waals surface area contributed by atoms with E-state index >= 15 is 0 Å². The summed E-state index contributed by atoms with van der Waals surface area (Å²) in [5.74, 6) is 1.41. The molecule has 110 valence electrons. The molecule has 2 bridgehead atoms. The van der Waals surface area contributed by atoms with Crippen molar-refractivity contribution in [2.75, 3.05) is 0 Å². The molecule has 0 aromatic heterocycles. The van der Waals surface area contributed by atoms with Crippen LogP contribution in [0, 0.1) is 27.9 Å². The van der Waals surface area contributed by atoms with Crippen LogP contribution in [-0.2, 0) is 0 Å². The number of para-hydroxylation sites is 1. The summed E-state index contributed by atoms with van der Waals surface area (Å²) in [7, 11) is 0. The van der Waals surface area contributed by atoms with Crippen LogP contribution in [0.4, 0.5) is 5.69 Å². The lowest BCUT2D eigenvalue weighted by atomic mass is 9.90. The zero-order valence-electron chi connectivity index (χ0n) is 11.6. The molecule has 0 spiro atoms. The molecular formula is C15H17N3O3. The highest BCUT2D eigenvalue weighted by atomic mass is 16.6. The molecule has 3 atom stereocenters. The summed E-state index contributed by atoms with van der Waals surface area (Å²) in [4.78, 5) is 22.3. The van der Waals surface area contributed by atoms with Crippen molar-refractivity contribution in [2.24, 2.45) is 22.9 Å². The van der Waals surface area contributed by atoms with Gasteiger partial charge in [0.2, 0.25) is 0 Å². The van der Waals surface area contributed by atoms with Gasteiger partial charge in [0.1, 0.15) is 5.56 Å². The van der Waals surface area contributed by atoms with E-state index < -0.39 is 10.8 Å². The third-order valence-corrected chi connectivity index (χ3v) is 4.57. The summed E-state index contributed by atoms with van der Waals surface area (Å²) in [6, 6.07) is 5.88. The smallest absolute Gasteiger partial charge is 0.267 e. The number of amides is 1. The van der Waals surface area contributed by atoms with Gasteiger partial charge in [0.25, 0.3) is 11.6 Å². The second-order valence-electron chi connectivity index (χ2n) is 5.83. The fourth-order valence-electron chi connectivity index (χ4n) is 3.55. The summed E-state index contributed by atoms with van der Waals surface area (Å²) < 4.78 is 0. The first kappa shape index (κ1) is 13.7. The van der Waals surface area contributed by atoms with E-state index in [1.54, 1.807) is 12.3 Å². The Morgan fingerprint density at radius 3 is 2.81 bits per heavy atom. The number of carbonyl (C=O) groups excluding carboxylic acids is 1. The number of fused-ring (bicyclic) bond motifs is 2. The number of nitrogens with zero attached hydrogens (tertiary/aromatic N) is 2. The van der Waals surface area contributed by atoms with Crippen molar-refractivity contribution in [3.05, 3.63) is 39.9 Å². The van der Waals surface area contributed by atoms with Crippen LogP contribution in [0.2, 0.25) is 0 Å². The molecule has 2 aliphatic rings. The number of rotatable bonds is 4. The van der Waals surface area contributed by atoms with Gasteiger partial charge in [0.05, 0.1) is 4.92 Å². The molecule has 0 radical (unpaired) electrons. The van der Waals surface area contributed by atoms with E-state index in [0.717, 1.165) is 12.3 Å². The molecule has 0 unspecified atom stereocenters. The van der Waals surface area contributed by atoms with Crippen LogP contribution in [0.5, 0.6) is 0 Å². The average Bonchev–Trinajstić information content (AvgIpc) is 3.09. The predicted molar refractivity (Wildman–Crippen MR) is 78.0 cm³/mol. The van der Waals surface area contributed by atoms with Crippen molar-refractivity contribution in [1.82, 2.24) is 5.43 Å². The Balaban J connectivity index is 1.63. The molecule has 6 heteroatoms. The number of nitro groups is 1. The number of carbonyl (C=O) groups is 1. The third-order valence-electron chi connectivity index (χ3n) is 4.57. The van der Waals surface area contributed by atoms with Crippen LogP contribution in [-0.4, -0.2) is 17.0 Å². The number of nitro benzene ring substituents is 1. The SMILES string of the molecule is O=C(N/N=C\[C@H]1C[C@H]2CC[C@@H]1C2)c1ccccc1[N+](=O)[O-]. The summed E-state index contributed by atoms with van der Waals surface area (Å²) >= 11 is 0. The van der Waals surface area contributed by atoms with Crippen molar-refractivity contribution >= 4 is 17.8 Å². The Hall–Kier alpha value is -2.24. The fourth-order valence-corrected chi connectivity index (χ4v) is 3.55. The molecule has 2 fully saturated rings. The molecular weight excluding hydrogens is 270 g/mol. The largest absolute Gasteiger partial charge is 0.282 e. The zero-order chi connectivity index (χ0) is 14.8. The lowest BCUT2D eigenvalue weighted by molar-refractivity contribution is -0.385. The topological polar surface area (TPSA) is 84.6 Å². The first-order valence-electron chi connectivity index (χ1n) is 7.22. The maximum absolute atomic E-state index is 12.0. The highest BCUT2D eigenvalue weighted by molar-refractivity contribution is 5.98. The Morgan fingerprint density at radius 2 is 2.14 bits per heavy atom. The summed E-state index contributed by atoms with van der Waals surface area (Å²) in [5, 5.41) is 14.9. The number of benzene rings is 1. The van der Waals surface area contributed by atoms with Gasteiger partial charge in [-0.2, -0.15) is 5.10 Å². The zero-order valence-corrected chi connectivity index (χ0v) is 11.6. The Morgan fingerprint density at radius 1 is 1.33 bits per heavy atom. The number of nitrogens with one attached hydrogen (secondary N) is 1. The van der Waals surface area contributed by atoms with Crippen molar-refractivity contribution in [3.8, 4) is 0 Å². The van der Waals surface area contributed by atoms with Crippen LogP contribution in [0.25, 0.3) is 0 Å². The average molecular weight is 287 g/mol. The van der Waals surface area contributed by atoms with Crippen LogP contribution >= 0.6 is 0 Å². The third kappa shape index (κ3) is 2.79. The molecule has 6 nitrogen and oxygen atoms in total. The van der Waals surface area contributed by atoms with Gasteiger partial charge in [0, 0.05) is 12.3 Å². The Labute approximate surface area is 122 Å². The Bertz CT molecular complexity index is 600. The number of hydrogen-bond donors (Lipinski definition) is 1. The minimum absolute atomic E-state index is 0.0348.